The Hall–Kier alpha value is -1.96. The molecule has 1 fully saturated rings. The van der Waals surface area contributed by atoms with E-state index < -0.39 is 0 Å². The molecule has 7 nitrogen and oxygen atoms in total. The van der Waals surface area contributed by atoms with E-state index in [1.165, 1.54) is 6.33 Å². The van der Waals surface area contributed by atoms with Gasteiger partial charge >= 0.3 is 0 Å². The van der Waals surface area contributed by atoms with Gasteiger partial charge in [-0.15, -0.1) is 0 Å². The molecule has 1 aromatic carbocycles. The van der Waals surface area contributed by atoms with Crippen molar-refractivity contribution in [2.75, 3.05) is 31.9 Å². The second-order valence-electron chi connectivity index (χ2n) is 4.23. The molecule has 7 heteroatoms. The number of nitrogens with two attached hydrogens (primary N) is 1. The third-order valence-electron chi connectivity index (χ3n) is 2.83. The maximum absolute atomic E-state index is 5.38. The van der Waals surface area contributed by atoms with Gasteiger partial charge in [0.2, 0.25) is 0 Å². The first kappa shape index (κ1) is 14.4. The molecule has 0 amide bonds. The summed E-state index contributed by atoms with van der Waals surface area (Å²) in [6.07, 6.45) is 1.48. The van der Waals surface area contributed by atoms with Crippen molar-refractivity contribution in [3.8, 4) is 11.4 Å². The Morgan fingerprint density at radius 2 is 1.90 bits per heavy atom. The minimum absolute atomic E-state index is 0.738. The van der Waals surface area contributed by atoms with Crippen LogP contribution < -0.4 is 11.3 Å². The highest BCUT2D eigenvalue weighted by Crippen LogP contribution is 2.21. The van der Waals surface area contributed by atoms with Crippen molar-refractivity contribution in [1.82, 2.24) is 15.2 Å². The Kier molecular flexibility index (Phi) is 5.48. The summed E-state index contributed by atoms with van der Waals surface area (Å²) in [7, 11) is 0. The van der Waals surface area contributed by atoms with Crippen LogP contribution in [-0.2, 0) is 9.47 Å². The van der Waals surface area contributed by atoms with Gasteiger partial charge in [0.25, 0.3) is 0 Å². The topological polar surface area (TPSA) is 98.1 Å². The zero-order valence-corrected chi connectivity index (χ0v) is 11.4. The zero-order chi connectivity index (χ0) is 14.2. The number of aromatic nitrogens is 3. The lowest BCUT2D eigenvalue weighted by Crippen LogP contribution is -2.16. The van der Waals surface area contributed by atoms with E-state index >= 15 is 0 Å². The van der Waals surface area contributed by atoms with Crippen molar-refractivity contribution >= 4 is 5.69 Å². The molecule has 2 aromatic rings. The van der Waals surface area contributed by atoms with E-state index in [1.54, 1.807) is 0 Å². The number of H-pyrrole nitrogens is 1. The smallest absolute Gasteiger partial charge is 0.155 e. The van der Waals surface area contributed by atoms with Crippen LogP contribution in [-0.4, -0.2) is 41.6 Å². The average Bonchev–Trinajstić information content (AvgIpc) is 3.04. The third kappa shape index (κ3) is 4.02. The van der Waals surface area contributed by atoms with Gasteiger partial charge in [0.1, 0.15) is 6.33 Å². The molecule has 2 heterocycles. The van der Waals surface area contributed by atoms with Crippen LogP contribution in [0.2, 0.25) is 0 Å². The lowest BCUT2D eigenvalue weighted by molar-refractivity contribution is -0.0334. The summed E-state index contributed by atoms with van der Waals surface area (Å²) in [6.45, 7) is 5.10. The Morgan fingerprint density at radius 3 is 2.40 bits per heavy atom. The van der Waals surface area contributed by atoms with Gasteiger partial charge in [-0.2, -0.15) is 5.10 Å². The van der Waals surface area contributed by atoms with Crippen molar-refractivity contribution in [2.24, 2.45) is 5.84 Å². The second-order valence-corrected chi connectivity index (χ2v) is 4.23. The fraction of sp³-hybridized carbons (Fsp3) is 0.385. The molecule has 0 saturated carbocycles. The molecule has 0 aliphatic carbocycles. The fourth-order valence-corrected chi connectivity index (χ4v) is 1.71. The van der Waals surface area contributed by atoms with Crippen LogP contribution in [0.4, 0.5) is 5.69 Å². The number of nitrogens with one attached hydrogen (secondary N) is 2. The normalized spacial score (nSPS) is 14.3. The molecule has 20 heavy (non-hydrogen) atoms. The third-order valence-corrected chi connectivity index (χ3v) is 2.83. The summed E-state index contributed by atoms with van der Waals surface area (Å²) >= 11 is 0. The summed E-state index contributed by atoms with van der Waals surface area (Å²) in [6, 6.07) is 5.87. The van der Waals surface area contributed by atoms with Gasteiger partial charge in [0, 0.05) is 5.56 Å². The molecular formula is C13H19N5O2. The summed E-state index contributed by atoms with van der Waals surface area (Å²) in [5.74, 6) is 6.11. The minimum atomic E-state index is 0.738. The van der Waals surface area contributed by atoms with Gasteiger partial charge in [-0.25, -0.2) is 4.98 Å². The van der Waals surface area contributed by atoms with Gasteiger partial charge in [-0.05, 0) is 18.6 Å². The van der Waals surface area contributed by atoms with Crippen LogP contribution in [0.5, 0.6) is 0 Å². The molecule has 0 atom stereocenters. The number of nitrogens with zero attached hydrogens (tertiary/aromatic N) is 2. The van der Waals surface area contributed by atoms with E-state index in [2.05, 4.69) is 20.6 Å². The summed E-state index contributed by atoms with van der Waals surface area (Å²) in [5, 5.41) is 6.58. The summed E-state index contributed by atoms with van der Waals surface area (Å²) in [4.78, 5) is 4.06. The first-order chi connectivity index (χ1) is 9.81. The Morgan fingerprint density at radius 1 is 1.20 bits per heavy atom. The molecule has 0 radical (unpaired) electrons. The Labute approximate surface area is 117 Å². The molecular weight excluding hydrogens is 258 g/mol. The van der Waals surface area contributed by atoms with Crippen molar-refractivity contribution in [2.45, 2.75) is 6.92 Å². The van der Waals surface area contributed by atoms with Crippen LogP contribution in [0.1, 0.15) is 5.56 Å². The maximum atomic E-state index is 5.38. The van der Waals surface area contributed by atoms with E-state index in [1.807, 2.05) is 25.1 Å². The number of nitrogen functional groups attached to an aromatic ring is 1. The largest absolute Gasteiger partial charge is 0.377 e. The number of aryl methyl sites for hydroxylation is 1. The first-order valence-corrected chi connectivity index (χ1v) is 6.40. The number of ether oxygens (including phenoxy) is 2. The van der Waals surface area contributed by atoms with Gasteiger partial charge < -0.3 is 14.9 Å². The molecule has 0 unspecified atom stereocenters. The molecule has 1 saturated heterocycles. The number of hydrogen-bond acceptors (Lipinski definition) is 6. The lowest BCUT2D eigenvalue weighted by Gasteiger charge is -2.09. The zero-order valence-electron chi connectivity index (χ0n) is 11.4. The monoisotopic (exact) mass is 277 g/mol. The minimum Gasteiger partial charge on any atom is -0.377 e. The van der Waals surface area contributed by atoms with Crippen molar-refractivity contribution in [1.29, 1.82) is 0 Å². The summed E-state index contributed by atoms with van der Waals surface area (Å²) in [5.41, 5.74) is 5.58. The van der Waals surface area contributed by atoms with Gasteiger partial charge in [-0.1, -0.05) is 12.1 Å². The Bertz CT molecular complexity index is 500. The van der Waals surface area contributed by atoms with Gasteiger partial charge in [0.15, 0.2) is 5.82 Å². The van der Waals surface area contributed by atoms with E-state index in [0.717, 1.165) is 49.1 Å². The number of aromatic amines is 1. The summed E-state index contributed by atoms with van der Waals surface area (Å²) < 4.78 is 9.89. The van der Waals surface area contributed by atoms with Crippen LogP contribution in [0.3, 0.4) is 0 Å². The second kappa shape index (κ2) is 7.59. The first-order valence-electron chi connectivity index (χ1n) is 6.40. The molecule has 108 valence electrons. The molecule has 1 aliphatic rings. The van der Waals surface area contributed by atoms with Gasteiger partial charge in [0.05, 0.1) is 32.1 Å². The molecule has 0 bridgehead atoms. The number of rotatable bonds is 2. The van der Waals surface area contributed by atoms with Crippen LogP contribution in [0.15, 0.2) is 24.5 Å². The van der Waals surface area contributed by atoms with Crippen molar-refractivity contribution in [3.05, 3.63) is 30.1 Å². The number of anilines is 1. The van der Waals surface area contributed by atoms with Crippen LogP contribution >= 0.6 is 0 Å². The number of hydrogen-bond donors (Lipinski definition) is 3. The quantitative estimate of drug-likeness (QED) is 0.561. The van der Waals surface area contributed by atoms with Crippen molar-refractivity contribution < 1.29 is 9.47 Å². The Balaban J connectivity index is 0.000000205. The standard InChI is InChI=1S/C9H11N5.C4H8O2/c1-6-2-3-7(4-8(6)13-10)9-11-5-12-14-9;1-2-6-4-3-5-1/h2-5,13H,10H2,1H3,(H,11,12,14);1-4H2. The molecule has 0 spiro atoms. The molecule has 4 N–H and O–H groups in total. The van der Waals surface area contributed by atoms with E-state index in [9.17, 15) is 0 Å². The maximum Gasteiger partial charge on any atom is 0.155 e. The number of benzene rings is 1. The predicted molar refractivity (Wildman–Crippen MR) is 76.0 cm³/mol. The van der Waals surface area contributed by atoms with Crippen molar-refractivity contribution in [3.63, 3.8) is 0 Å². The van der Waals surface area contributed by atoms with Crippen LogP contribution in [0, 0.1) is 6.92 Å². The molecule has 1 aliphatic heterocycles. The SMILES string of the molecule is C1COCCO1.Cc1ccc(-c2ncn[nH]2)cc1NN. The highest BCUT2D eigenvalue weighted by molar-refractivity contribution is 5.64. The van der Waals surface area contributed by atoms with E-state index in [0.29, 0.717) is 0 Å². The van der Waals surface area contributed by atoms with E-state index in [-0.39, 0.29) is 0 Å². The highest BCUT2D eigenvalue weighted by atomic mass is 16.6. The fourth-order valence-electron chi connectivity index (χ4n) is 1.71. The number of hydrazine groups is 1. The molecule has 3 rings (SSSR count). The highest BCUT2D eigenvalue weighted by Gasteiger charge is 2.03. The average molecular weight is 277 g/mol. The van der Waals surface area contributed by atoms with Gasteiger partial charge in [-0.3, -0.25) is 10.9 Å². The van der Waals surface area contributed by atoms with Crippen LogP contribution in [0.25, 0.3) is 11.4 Å². The predicted octanol–water partition coefficient (Wildman–Crippen LogP) is 1.10. The lowest BCUT2D eigenvalue weighted by atomic mass is 10.1. The molecule has 1 aromatic heterocycles. The van der Waals surface area contributed by atoms with E-state index in [4.69, 9.17) is 15.3 Å².